The minimum atomic E-state index is -0.798. The number of fused-ring (bicyclic) bond motifs is 1. The second kappa shape index (κ2) is 11.5. The van der Waals surface area contributed by atoms with Gasteiger partial charge in [-0.05, 0) is 59.7 Å². The lowest BCUT2D eigenvalue weighted by atomic mass is 10.0. The van der Waals surface area contributed by atoms with E-state index in [2.05, 4.69) is 20.9 Å². The first-order chi connectivity index (χ1) is 19.0. The van der Waals surface area contributed by atoms with E-state index in [1.165, 1.54) is 18.3 Å². The van der Waals surface area contributed by atoms with E-state index >= 15 is 0 Å². The molecule has 0 radical (unpaired) electrons. The van der Waals surface area contributed by atoms with E-state index < -0.39 is 11.9 Å². The molecule has 0 saturated heterocycles. The zero-order valence-electron chi connectivity index (χ0n) is 21.2. The van der Waals surface area contributed by atoms with Crippen molar-refractivity contribution in [1.29, 1.82) is 0 Å². The molecule has 0 aliphatic heterocycles. The first-order valence-corrected chi connectivity index (χ1v) is 12.5. The number of hydrazone groups is 1. The van der Waals surface area contributed by atoms with Crippen molar-refractivity contribution in [2.45, 2.75) is 19.4 Å². The van der Waals surface area contributed by atoms with E-state index in [4.69, 9.17) is 0 Å². The number of hydrogen-bond donors (Lipinski definition) is 2. The Hall–Kier alpha value is -5.11. The smallest absolute Gasteiger partial charge is 0.262 e. The fourth-order valence-corrected chi connectivity index (χ4v) is 4.27. The molecular weight excluding hydrogens is 493 g/mol. The Kier molecular flexibility index (Phi) is 7.54. The van der Waals surface area contributed by atoms with Gasteiger partial charge in [0.15, 0.2) is 0 Å². The van der Waals surface area contributed by atoms with E-state index in [0.717, 1.165) is 22.0 Å². The van der Waals surface area contributed by atoms with Gasteiger partial charge in [0.2, 0.25) is 5.91 Å². The number of aromatic nitrogens is 2. The minimum Gasteiger partial charge on any atom is -0.344 e. The molecule has 0 spiro atoms. The summed E-state index contributed by atoms with van der Waals surface area (Å²) in [6.07, 6.45) is 3.41. The van der Waals surface area contributed by atoms with Gasteiger partial charge in [-0.25, -0.2) is 14.5 Å². The molecule has 1 heterocycles. The summed E-state index contributed by atoms with van der Waals surface area (Å²) in [6.45, 7) is 1.60. The second-order valence-electron chi connectivity index (χ2n) is 9.06. The number of carbonyl (C=O) groups is 2. The van der Waals surface area contributed by atoms with Crippen LogP contribution in [0.15, 0.2) is 108 Å². The second-order valence-corrected chi connectivity index (χ2v) is 9.06. The number of hydrogen-bond acceptors (Lipinski definition) is 4. The monoisotopic (exact) mass is 519 g/mol. The summed E-state index contributed by atoms with van der Waals surface area (Å²) < 4.78 is 15.2. The number of amides is 2. The molecule has 5 aromatic rings. The number of benzene rings is 4. The summed E-state index contributed by atoms with van der Waals surface area (Å²) in [6, 6.07) is 28.4. The molecule has 7 nitrogen and oxygen atoms in total. The summed E-state index contributed by atoms with van der Waals surface area (Å²) >= 11 is 0. The van der Waals surface area contributed by atoms with Crippen LogP contribution in [-0.2, 0) is 16.0 Å². The molecule has 5 rings (SSSR count). The normalized spacial score (nSPS) is 11.9. The van der Waals surface area contributed by atoms with Gasteiger partial charge in [-0.1, -0.05) is 60.7 Å². The Morgan fingerprint density at radius 2 is 1.67 bits per heavy atom. The van der Waals surface area contributed by atoms with E-state index in [1.807, 2.05) is 72.8 Å². The van der Waals surface area contributed by atoms with Crippen molar-refractivity contribution in [2.24, 2.45) is 5.10 Å². The molecule has 0 fully saturated rings. The Balaban J connectivity index is 1.26. The van der Waals surface area contributed by atoms with Crippen LogP contribution in [0.5, 0.6) is 0 Å². The van der Waals surface area contributed by atoms with Crippen LogP contribution in [0.4, 0.5) is 4.39 Å². The molecular formula is C31H26FN5O2. The third kappa shape index (κ3) is 6.07. The van der Waals surface area contributed by atoms with Gasteiger partial charge in [0.05, 0.1) is 18.3 Å². The predicted octanol–water partition coefficient (Wildman–Crippen LogP) is 5.03. The van der Waals surface area contributed by atoms with Crippen molar-refractivity contribution < 1.29 is 14.0 Å². The van der Waals surface area contributed by atoms with Crippen LogP contribution in [0.25, 0.3) is 27.7 Å². The average molecular weight is 520 g/mol. The fraction of sp³-hybridized carbons (Fsp3) is 0.0968. The van der Waals surface area contributed by atoms with Crippen LogP contribution < -0.4 is 10.7 Å². The minimum absolute atomic E-state index is 0.155. The van der Waals surface area contributed by atoms with E-state index in [1.54, 1.807) is 29.9 Å². The predicted molar refractivity (Wildman–Crippen MR) is 150 cm³/mol. The molecule has 0 aliphatic rings. The maximum atomic E-state index is 13.5. The molecule has 0 saturated carbocycles. The molecule has 8 heteroatoms. The van der Waals surface area contributed by atoms with Gasteiger partial charge in [0, 0.05) is 17.3 Å². The first-order valence-electron chi connectivity index (χ1n) is 12.5. The quantitative estimate of drug-likeness (QED) is 0.223. The summed E-state index contributed by atoms with van der Waals surface area (Å²) in [5.41, 5.74) is 6.12. The molecule has 1 aromatic heterocycles. The molecule has 2 N–H and O–H groups in total. The summed E-state index contributed by atoms with van der Waals surface area (Å²) in [5.74, 6) is -1.07. The first kappa shape index (κ1) is 25.5. The highest BCUT2D eigenvalue weighted by Gasteiger charge is 2.17. The third-order valence-electron chi connectivity index (χ3n) is 6.26. The van der Waals surface area contributed by atoms with E-state index in [-0.39, 0.29) is 18.1 Å². The van der Waals surface area contributed by atoms with Gasteiger partial charge >= 0.3 is 0 Å². The van der Waals surface area contributed by atoms with Crippen LogP contribution in [0.1, 0.15) is 18.1 Å². The fourth-order valence-electron chi connectivity index (χ4n) is 4.27. The van der Waals surface area contributed by atoms with Crippen molar-refractivity contribution >= 4 is 28.8 Å². The lowest BCUT2D eigenvalue weighted by Gasteiger charge is -2.13. The van der Waals surface area contributed by atoms with E-state index in [9.17, 15) is 14.0 Å². The number of halogens is 1. The Morgan fingerprint density at radius 1 is 0.949 bits per heavy atom. The highest BCUT2D eigenvalue weighted by molar-refractivity contribution is 5.93. The SMILES string of the molecule is C[C@H](NC(=O)Cc1cccc2ccccc12)C(=O)N/N=C\c1cn(-c2ccccc2)nc1-c1ccc(F)cc1. The summed E-state index contributed by atoms with van der Waals surface area (Å²) in [5, 5.41) is 13.5. The van der Waals surface area contributed by atoms with Gasteiger partial charge in [-0.3, -0.25) is 9.59 Å². The van der Waals surface area contributed by atoms with Crippen molar-refractivity contribution in [2.75, 3.05) is 0 Å². The lowest BCUT2D eigenvalue weighted by molar-refractivity contribution is -0.128. The average Bonchev–Trinajstić information content (AvgIpc) is 3.38. The lowest BCUT2D eigenvalue weighted by Crippen LogP contribution is -2.43. The number of nitrogens with zero attached hydrogens (tertiary/aromatic N) is 3. The van der Waals surface area contributed by atoms with Crippen molar-refractivity contribution in [3.8, 4) is 16.9 Å². The molecule has 1 atom stereocenters. The van der Waals surface area contributed by atoms with Crippen molar-refractivity contribution in [1.82, 2.24) is 20.5 Å². The third-order valence-corrected chi connectivity index (χ3v) is 6.26. The number of nitrogens with one attached hydrogen (secondary N) is 2. The summed E-state index contributed by atoms with van der Waals surface area (Å²) in [4.78, 5) is 25.3. The molecule has 0 aliphatic carbocycles. The molecule has 0 bridgehead atoms. The number of carbonyl (C=O) groups excluding carboxylic acids is 2. The molecule has 4 aromatic carbocycles. The van der Waals surface area contributed by atoms with Gasteiger partial charge < -0.3 is 5.32 Å². The molecule has 2 amide bonds. The van der Waals surface area contributed by atoms with Crippen LogP contribution in [0, 0.1) is 5.82 Å². The molecule has 39 heavy (non-hydrogen) atoms. The number of para-hydroxylation sites is 1. The Labute approximate surface area is 225 Å². The highest BCUT2D eigenvalue weighted by Crippen LogP contribution is 2.23. The maximum absolute atomic E-state index is 13.5. The zero-order valence-corrected chi connectivity index (χ0v) is 21.2. The van der Waals surface area contributed by atoms with Crippen LogP contribution in [0.2, 0.25) is 0 Å². The zero-order chi connectivity index (χ0) is 27.2. The molecule has 0 unspecified atom stereocenters. The van der Waals surface area contributed by atoms with Gasteiger partial charge in [-0.15, -0.1) is 0 Å². The van der Waals surface area contributed by atoms with Gasteiger partial charge in [-0.2, -0.15) is 10.2 Å². The van der Waals surface area contributed by atoms with E-state index in [0.29, 0.717) is 16.8 Å². The standard InChI is InChI=1S/C31H26FN5O2/c1-21(34-29(38)18-24-10-7-9-22-8-5-6-13-28(22)24)31(39)35-33-19-25-20-37(27-11-3-2-4-12-27)36-30(25)23-14-16-26(32)17-15-23/h2-17,19-21H,18H2,1H3,(H,34,38)(H,35,39)/b33-19-/t21-/m0/s1. The van der Waals surface area contributed by atoms with Crippen LogP contribution in [-0.4, -0.2) is 33.9 Å². The summed E-state index contributed by atoms with van der Waals surface area (Å²) in [7, 11) is 0. The number of rotatable bonds is 8. The largest absolute Gasteiger partial charge is 0.344 e. The molecule has 194 valence electrons. The highest BCUT2D eigenvalue weighted by atomic mass is 19.1. The maximum Gasteiger partial charge on any atom is 0.262 e. The van der Waals surface area contributed by atoms with Gasteiger partial charge in [0.25, 0.3) is 5.91 Å². The van der Waals surface area contributed by atoms with Gasteiger partial charge in [0.1, 0.15) is 17.6 Å². The topological polar surface area (TPSA) is 88.4 Å². The Morgan fingerprint density at radius 3 is 2.46 bits per heavy atom. The van der Waals surface area contributed by atoms with Crippen LogP contribution >= 0.6 is 0 Å². The van der Waals surface area contributed by atoms with Crippen LogP contribution in [0.3, 0.4) is 0 Å². The van der Waals surface area contributed by atoms with Crippen molar-refractivity contribution in [3.63, 3.8) is 0 Å². The van der Waals surface area contributed by atoms with Crippen molar-refractivity contribution in [3.05, 3.63) is 120 Å². The Bertz CT molecular complexity index is 1640.